The van der Waals surface area contributed by atoms with Gasteiger partial charge >= 0.3 is 0 Å². The second-order valence-corrected chi connectivity index (χ2v) is 6.01. The molecule has 0 aliphatic carbocycles. The largest absolute Gasteiger partial charge is 0.384 e. The zero-order valence-electron chi connectivity index (χ0n) is 11.2. The van der Waals surface area contributed by atoms with E-state index in [9.17, 15) is 8.42 Å². The van der Waals surface area contributed by atoms with E-state index in [2.05, 4.69) is 16.6 Å². The fraction of sp³-hybridized carbons (Fsp3) is 0.429. The minimum Gasteiger partial charge on any atom is -0.384 e. The molecule has 0 aliphatic rings. The van der Waals surface area contributed by atoms with Gasteiger partial charge in [0, 0.05) is 11.6 Å². The monoisotopic (exact) mass is 281 g/mol. The number of sulfonamides is 1. The number of hydrogen-bond donors (Lipinski definition) is 2. The van der Waals surface area contributed by atoms with Gasteiger partial charge in [-0.25, -0.2) is 13.1 Å². The first-order valence-corrected chi connectivity index (χ1v) is 7.70. The molecule has 0 saturated heterocycles. The second kappa shape index (κ2) is 7.29. The summed E-state index contributed by atoms with van der Waals surface area (Å²) in [7, 11) is -3.51. The van der Waals surface area contributed by atoms with Gasteiger partial charge in [0.15, 0.2) is 0 Å². The van der Waals surface area contributed by atoms with Gasteiger partial charge in [-0.2, -0.15) is 0 Å². The topological polar surface area (TPSA) is 66.4 Å². The quantitative estimate of drug-likeness (QED) is 0.804. The summed E-state index contributed by atoms with van der Waals surface area (Å²) in [6.07, 6.45) is 1.72. The summed E-state index contributed by atoms with van der Waals surface area (Å²) < 4.78 is 26.9. The maximum Gasteiger partial charge on any atom is 0.240 e. The zero-order chi connectivity index (χ0) is 14.3. The first-order valence-electron chi connectivity index (χ1n) is 6.21. The van der Waals surface area contributed by atoms with Crippen molar-refractivity contribution in [3.05, 3.63) is 29.8 Å². The summed E-state index contributed by atoms with van der Waals surface area (Å²) in [5.74, 6) is 5.19. The normalized spacial score (nSPS) is 12.6. The molecule has 0 saturated carbocycles. The molecule has 1 aromatic rings. The van der Waals surface area contributed by atoms with Gasteiger partial charge < -0.3 is 5.11 Å². The fourth-order valence-corrected chi connectivity index (χ4v) is 3.03. The van der Waals surface area contributed by atoms with Crippen molar-refractivity contribution in [2.45, 2.75) is 37.6 Å². The molecule has 0 amide bonds. The summed E-state index contributed by atoms with van der Waals surface area (Å²) in [5.41, 5.74) is 0.570. The molecule has 2 N–H and O–H groups in total. The van der Waals surface area contributed by atoms with E-state index in [-0.39, 0.29) is 17.5 Å². The van der Waals surface area contributed by atoms with Crippen LogP contribution in [0.2, 0.25) is 0 Å². The average molecular weight is 281 g/mol. The molecule has 4 nitrogen and oxygen atoms in total. The van der Waals surface area contributed by atoms with E-state index in [1.807, 2.05) is 13.8 Å². The lowest BCUT2D eigenvalue weighted by Gasteiger charge is -2.13. The molecule has 1 atom stereocenters. The smallest absolute Gasteiger partial charge is 0.240 e. The Labute approximate surface area is 114 Å². The van der Waals surface area contributed by atoms with Crippen LogP contribution in [0.25, 0.3) is 0 Å². The van der Waals surface area contributed by atoms with Crippen molar-refractivity contribution in [1.29, 1.82) is 0 Å². The molecule has 0 bridgehead atoms. The van der Waals surface area contributed by atoms with Gasteiger partial charge in [-0.3, -0.25) is 0 Å². The van der Waals surface area contributed by atoms with Crippen molar-refractivity contribution in [3.8, 4) is 11.8 Å². The third-order valence-electron chi connectivity index (χ3n) is 2.53. The molecular formula is C14H19NO3S. The molecule has 1 aromatic carbocycles. The van der Waals surface area contributed by atoms with Crippen LogP contribution in [0.15, 0.2) is 29.2 Å². The Morgan fingerprint density at radius 2 is 2.16 bits per heavy atom. The van der Waals surface area contributed by atoms with Gasteiger partial charge in [-0.15, -0.1) is 0 Å². The average Bonchev–Trinajstić information content (AvgIpc) is 2.36. The zero-order valence-corrected chi connectivity index (χ0v) is 12.0. The highest BCUT2D eigenvalue weighted by Crippen LogP contribution is 2.12. The van der Waals surface area contributed by atoms with Crippen LogP contribution in [-0.4, -0.2) is 26.2 Å². The highest BCUT2D eigenvalue weighted by atomic mass is 32.2. The molecule has 5 heteroatoms. The third-order valence-corrected chi connectivity index (χ3v) is 4.12. The summed E-state index contributed by atoms with van der Waals surface area (Å²) in [6.45, 7) is 3.61. The highest BCUT2D eigenvalue weighted by Gasteiger charge is 2.16. The molecule has 0 fully saturated rings. The third kappa shape index (κ3) is 5.03. The van der Waals surface area contributed by atoms with E-state index < -0.39 is 10.0 Å². The van der Waals surface area contributed by atoms with Crippen molar-refractivity contribution >= 4 is 10.0 Å². The number of aliphatic hydroxyl groups excluding tert-OH is 1. The Morgan fingerprint density at radius 1 is 1.42 bits per heavy atom. The van der Waals surface area contributed by atoms with Gasteiger partial charge in [-0.05, 0) is 31.5 Å². The van der Waals surface area contributed by atoms with Crippen LogP contribution in [0.1, 0.15) is 32.3 Å². The minimum absolute atomic E-state index is 0.0952. The number of benzene rings is 1. The van der Waals surface area contributed by atoms with Gasteiger partial charge in [-0.1, -0.05) is 31.3 Å². The summed E-state index contributed by atoms with van der Waals surface area (Å²) >= 11 is 0. The Hall–Kier alpha value is -1.35. The summed E-state index contributed by atoms with van der Waals surface area (Å²) in [6, 6.07) is 6.29. The SMILES string of the molecule is CCCC(C)NS(=O)(=O)c1cccc(C#CCO)c1. The lowest BCUT2D eigenvalue weighted by molar-refractivity contribution is 0.350. The van der Waals surface area contributed by atoms with Crippen LogP contribution in [0, 0.1) is 11.8 Å². The Balaban J connectivity index is 2.95. The predicted molar refractivity (Wildman–Crippen MR) is 75.1 cm³/mol. The second-order valence-electron chi connectivity index (χ2n) is 4.30. The molecule has 104 valence electrons. The molecule has 0 aliphatic heterocycles. The number of aliphatic hydroxyl groups is 1. The summed E-state index contributed by atoms with van der Waals surface area (Å²) in [4.78, 5) is 0.195. The molecule has 0 radical (unpaired) electrons. The van der Waals surface area contributed by atoms with Crippen molar-refractivity contribution < 1.29 is 13.5 Å². The van der Waals surface area contributed by atoms with E-state index in [0.29, 0.717) is 5.56 Å². The lowest BCUT2D eigenvalue weighted by Crippen LogP contribution is -2.32. The van der Waals surface area contributed by atoms with E-state index in [1.54, 1.807) is 12.1 Å². The molecule has 0 heterocycles. The van der Waals surface area contributed by atoms with Crippen LogP contribution in [0.4, 0.5) is 0 Å². The number of rotatable bonds is 5. The number of nitrogens with one attached hydrogen (secondary N) is 1. The van der Waals surface area contributed by atoms with Crippen LogP contribution < -0.4 is 4.72 Å². The van der Waals surface area contributed by atoms with E-state index >= 15 is 0 Å². The molecule has 0 aromatic heterocycles. The first-order chi connectivity index (χ1) is 8.99. The van der Waals surface area contributed by atoms with E-state index in [0.717, 1.165) is 12.8 Å². The van der Waals surface area contributed by atoms with Crippen LogP contribution in [-0.2, 0) is 10.0 Å². The van der Waals surface area contributed by atoms with Crippen molar-refractivity contribution in [2.75, 3.05) is 6.61 Å². The molecule has 1 unspecified atom stereocenters. The fourth-order valence-electron chi connectivity index (χ4n) is 1.71. The maximum atomic E-state index is 12.1. The maximum absolute atomic E-state index is 12.1. The molecule has 0 spiro atoms. The van der Waals surface area contributed by atoms with Crippen LogP contribution in [0.5, 0.6) is 0 Å². The molecule has 1 rings (SSSR count). The van der Waals surface area contributed by atoms with Crippen molar-refractivity contribution in [3.63, 3.8) is 0 Å². The molecular weight excluding hydrogens is 262 g/mol. The lowest BCUT2D eigenvalue weighted by atomic mass is 10.2. The molecule has 19 heavy (non-hydrogen) atoms. The van der Waals surface area contributed by atoms with Crippen LogP contribution >= 0.6 is 0 Å². The van der Waals surface area contributed by atoms with Gasteiger partial charge in [0.2, 0.25) is 10.0 Å². The summed E-state index contributed by atoms with van der Waals surface area (Å²) in [5, 5.41) is 8.63. The standard InChI is InChI=1S/C14H19NO3S/c1-3-6-12(2)15-19(17,18)14-9-4-7-13(11-14)8-5-10-16/h4,7,9,11-12,15-16H,3,6,10H2,1-2H3. The van der Waals surface area contributed by atoms with Gasteiger partial charge in [0.1, 0.15) is 6.61 Å². The Kier molecular flexibility index (Phi) is 6.03. The predicted octanol–water partition coefficient (Wildman–Crippen LogP) is 1.50. The Morgan fingerprint density at radius 3 is 2.79 bits per heavy atom. The Bertz CT molecular complexity index is 570. The number of hydrogen-bond acceptors (Lipinski definition) is 3. The van der Waals surface area contributed by atoms with Crippen molar-refractivity contribution in [1.82, 2.24) is 4.72 Å². The van der Waals surface area contributed by atoms with Gasteiger partial charge in [0.25, 0.3) is 0 Å². The minimum atomic E-state index is -3.51. The van der Waals surface area contributed by atoms with E-state index in [4.69, 9.17) is 5.11 Å². The highest BCUT2D eigenvalue weighted by molar-refractivity contribution is 7.89. The first kappa shape index (κ1) is 15.7. The van der Waals surface area contributed by atoms with Crippen LogP contribution in [0.3, 0.4) is 0 Å². The van der Waals surface area contributed by atoms with E-state index in [1.165, 1.54) is 12.1 Å². The van der Waals surface area contributed by atoms with Gasteiger partial charge in [0.05, 0.1) is 4.90 Å². The van der Waals surface area contributed by atoms with Crippen molar-refractivity contribution in [2.24, 2.45) is 0 Å².